The third kappa shape index (κ3) is 3.72. The molecule has 1 unspecified atom stereocenters. The molecule has 2 heterocycles. The van der Waals surface area contributed by atoms with E-state index in [1.165, 1.54) is 0 Å². The average molecular weight is 413 g/mol. The van der Waals surface area contributed by atoms with Gasteiger partial charge in [0, 0.05) is 11.2 Å². The Hall–Kier alpha value is -3.43. The van der Waals surface area contributed by atoms with Crippen molar-refractivity contribution in [1.29, 1.82) is 0 Å². The first-order valence-corrected chi connectivity index (χ1v) is 10.1. The summed E-state index contributed by atoms with van der Waals surface area (Å²) >= 11 is 6.18. The molecule has 3 nitrogen and oxygen atoms in total. The lowest BCUT2D eigenvalue weighted by Crippen LogP contribution is -2.33. The summed E-state index contributed by atoms with van der Waals surface area (Å²) in [6, 6.07) is 18.9. The Morgan fingerprint density at radius 1 is 1.13 bits per heavy atom. The van der Waals surface area contributed by atoms with Crippen LogP contribution in [0.25, 0.3) is 12.2 Å². The van der Waals surface area contributed by atoms with Crippen LogP contribution in [0.4, 0.5) is 5.82 Å². The van der Waals surface area contributed by atoms with Crippen LogP contribution in [-0.2, 0) is 4.79 Å². The van der Waals surface area contributed by atoms with Crippen molar-refractivity contribution < 1.29 is 4.79 Å². The molecule has 30 heavy (non-hydrogen) atoms. The van der Waals surface area contributed by atoms with Gasteiger partial charge in [0.25, 0.3) is 0 Å². The smallest absolute Gasteiger partial charge is 0.147 e. The summed E-state index contributed by atoms with van der Waals surface area (Å²) in [4.78, 5) is 18.8. The van der Waals surface area contributed by atoms with Gasteiger partial charge in [-0.05, 0) is 71.2 Å². The van der Waals surface area contributed by atoms with Gasteiger partial charge < -0.3 is 9.69 Å². The summed E-state index contributed by atoms with van der Waals surface area (Å²) in [7, 11) is 0. The number of carbonyl (C=O) groups excluding carboxylic acids is 1. The maximum Gasteiger partial charge on any atom is 0.147 e. The lowest BCUT2D eigenvalue weighted by atomic mass is 9.89. The third-order valence-corrected chi connectivity index (χ3v) is 5.44. The second-order valence-electron chi connectivity index (χ2n) is 7.11. The summed E-state index contributed by atoms with van der Waals surface area (Å²) in [6.07, 6.45) is 8.63. The standard InChI is InChI=1S/C26H21ClN2O/c1-3-20(14-19-9-7-10-21(27)15-19)24-16-23-18(2)8-6-11-22(23)25(17-30)29(24)26-12-4-5-13-28-26/h3-17,25H,1H2,2H3. The molecule has 0 spiro atoms. The first kappa shape index (κ1) is 19.9. The van der Waals surface area contributed by atoms with E-state index in [4.69, 9.17) is 11.6 Å². The highest BCUT2D eigenvalue weighted by Gasteiger charge is 2.31. The van der Waals surface area contributed by atoms with Crippen molar-refractivity contribution in [3.63, 3.8) is 0 Å². The van der Waals surface area contributed by atoms with Crippen LogP contribution in [0.5, 0.6) is 0 Å². The van der Waals surface area contributed by atoms with Crippen LogP contribution in [-0.4, -0.2) is 11.3 Å². The summed E-state index contributed by atoms with van der Waals surface area (Å²) in [6.45, 7) is 6.09. The molecular weight excluding hydrogens is 392 g/mol. The number of halogens is 1. The van der Waals surface area contributed by atoms with Crippen molar-refractivity contribution in [3.05, 3.63) is 118 Å². The number of anilines is 1. The fourth-order valence-electron chi connectivity index (χ4n) is 3.79. The average Bonchev–Trinajstić information content (AvgIpc) is 2.77. The van der Waals surface area contributed by atoms with Crippen LogP contribution in [0.2, 0.25) is 5.02 Å². The molecule has 148 valence electrons. The fraction of sp³-hybridized carbons (Fsp3) is 0.0769. The number of hydrogen-bond donors (Lipinski definition) is 0. The molecule has 1 aliphatic heterocycles. The highest BCUT2D eigenvalue weighted by molar-refractivity contribution is 6.30. The van der Waals surface area contributed by atoms with E-state index in [1.54, 1.807) is 12.3 Å². The summed E-state index contributed by atoms with van der Waals surface area (Å²) < 4.78 is 0. The van der Waals surface area contributed by atoms with Crippen molar-refractivity contribution in [3.8, 4) is 0 Å². The minimum Gasteiger partial charge on any atom is -0.311 e. The Morgan fingerprint density at radius 2 is 1.97 bits per heavy atom. The van der Waals surface area contributed by atoms with Crippen LogP contribution < -0.4 is 4.90 Å². The number of allylic oxidation sites excluding steroid dienone is 1. The van der Waals surface area contributed by atoms with Gasteiger partial charge in [-0.25, -0.2) is 4.98 Å². The van der Waals surface area contributed by atoms with Crippen LogP contribution in [0.3, 0.4) is 0 Å². The normalized spacial score (nSPS) is 15.9. The summed E-state index contributed by atoms with van der Waals surface area (Å²) in [5, 5.41) is 0.665. The fourth-order valence-corrected chi connectivity index (χ4v) is 3.98. The minimum atomic E-state index is -0.488. The largest absolute Gasteiger partial charge is 0.311 e. The molecule has 2 aromatic carbocycles. The van der Waals surface area contributed by atoms with Crippen LogP contribution >= 0.6 is 11.6 Å². The number of fused-ring (bicyclic) bond motifs is 1. The predicted molar refractivity (Wildman–Crippen MR) is 124 cm³/mol. The third-order valence-electron chi connectivity index (χ3n) is 5.21. The Morgan fingerprint density at radius 3 is 2.67 bits per heavy atom. The van der Waals surface area contributed by atoms with Gasteiger partial charge in [0.1, 0.15) is 18.1 Å². The molecule has 4 rings (SSSR count). The van der Waals surface area contributed by atoms with Gasteiger partial charge in [-0.3, -0.25) is 0 Å². The number of aromatic nitrogens is 1. The number of hydrogen-bond acceptors (Lipinski definition) is 3. The molecule has 0 amide bonds. The Bertz CT molecular complexity index is 1160. The number of aryl methyl sites for hydroxylation is 1. The molecule has 0 fully saturated rings. The van der Waals surface area contributed by atoms with Gasteiger partial charge >= 0.3 is 0 Å². The van der Waals surface area contributed by atoms with E-state index in [0.717, 1.165) is 39.8 Å². The van der Waals surface area contributed by atoms with Gasteiger partial charge in [-0.2, -0.15) is 0 Å². The molecular formula is C26H21ClN2O. The Labute approximate surface area is 181 Å². The first-order valence-electron chi connectivity index (χ1n) is 9.69. The van der Waals surface area contributed by atoms with Gasteiger partial charge in [-0.15, -0.1) is 0 Å². The van der Waals surface area contributed by atoms with Crippen molar-refractivity contribution >= 4 is 35.9 Å². The monoisotopic (exact) mass is 412 g/mol. The van der Waals surface area contributed by atoms with E-state index in [0.29, 0.717) is 10.8 Å². The quantitative estimate of drug-likeness (QED) is 0.358. The van der Waals surface area contributed by atoms with Crippen LogP contribution in [0, 0.1) is 6.92 Å². The van der Waals surface area contributed by atoms with Crippen molar-refractivity contribution in [2.24, 2.45) is 0 Å². The van der Waals surface area contributed by atoms with Crippen LogP contribution in [0.15, 0.2) is 90.8 Å². The van der Waals surface area contributed by atoms with Crippen molar-refractivity contribution in [1.82, 2.24) is 4.98 Å². The highest BCUT2D eigenvalue weighted by atomic mass is 35.5. The Kier molecular flexibility index (Phi) is 5.64. The molecule has 4 heteroatoms. The lowest BCUT2D eigenvalue weighted by Gasteiger charge is -2.37. The van der Waals surface area contributed by atoms with Gasteiger partial charge in [0.2, 0.25) is 0 Å². The van der Waals surface area contributed by atoms with E-state index < -0.39 is 6.04 Å². The van der Waals surface area contributed by atoms with E-state index in [1.807, 2.05) is 65.6 Å². The van der Waals surface area contributed by atoms with Gasteiger partial charge in [0.05, 0.1) is 5.70 Å². The van der Waals surface area contributed by atoms with E-state index in [-0.39, 0.29) is 0 Å². The molecule has 1 aromatic heterocycles. The van der Waals surface area contributed by atoms with Crippen molar-refractivity contribution in [2.45, 2.75) is 13.0 Å². The topological polar surface area (TPSA) is 33.2 Å². The zero-order valence-electron chi connectivity index (χ0n) is 16.6. The first-order chi connectivity index (χ1) is 14.6. The van der Waals surface area contributed by atoms with Crippen LogP contribution in [0.1, 0.15) is 28.3 Å². The Balaban J connectivity index is 1.96. The second kappa shape index (κ2) is 8.52. The maximum atomic E-state index is 12.3. The van der Waals surface area contributed by atoms with E-state index in [2.05, 4.69) is 30.6 Å². The molecule has 0 saturated heterocycles. The highest BCUT2D eigenvalue weighted by Crippen LogP contribution is 2.40. The molecule has 0 bridgehead atoms. The zero-order chi connectivity index (χ0) is 21.1. The molecule has 1 aliphatic rings. The predicted octanol–water partition coefficient (Wildman–Crippen LogP) is 6.41. The van der Waals surface area contributed by atoms with E-state index in [9.17, 15) is 4.79 Å². The SMILES string of the molecule is C=CC(=Cc1cccc(Cl)c1)C1=Cc2c(C)cccc2C(C=O)N1c1ccccn1. The molecule has 0 saturated carbocycles. The zero-order valence-corrected chi connectivity index (χ0v) is 17.4. The maximum absolute atomic E-state index is 12.3. The molecule has 0 radical (unpaired) electrons. The summed E-state index contributed by atoms with van der Waals surface area (Å²) in [5.41, 5.74) is 5.83. The molecule has 0 N–H and O–H groups in total. The number of benzene rings is 2. The number of carbonyl (C=O) groups is 1. The second-order valence-corrected chi connectivity index (χ2v) is 7.54. The molecule has 0 aliphatic carbocycles. The van der Waals surface area contributed by atoms with Gasteiger partial charge in [0.15, 0.2) is 0 Å². The minimum absolute atomic E-state index is 0.488. The molecule has 3 aromatic rings. The molecule has 1 atom stereocenters. The number of pyridine rings is 1. The van der Waals surface area contributed by atoms with Gasteiger partial charge in [-0.1, -0.05) is 60.7 Å². The summed E-state index contributed by atoms with van der Waals surface area (Å²) in [5.74, 6) is 0.701. The lowest BCUT2D eigenvalue weighted by molar-refractivity contribution is -0.109. The number of nitrogens with zero attached hydrogens (tertiary/aromatic N) is 2. The number of aldehydes is 1. The van der Waals surface area contributed by atoms with E-state index >= 15 is 0 Å². The number of rotatable bonds is 5. The van der Waals surface area contributed by atoms with Crippen molar-refractivity contribution in [2.75, 3.05) is 4.90 Å².